The van der Waals surface area contributed by atoms with Gasteiger partial charge in [-0.05, 0) is 48.9 Å². The largest absolute Gasteiger partial charge is 0.466 e. The summed E-state index contributed by atoms with van der Waals surface area (Å²) in [5.74, 6) is 2.30. The van der Waals surface area contributed by atoms with Gasteiger partial charge in [0.15, 0.2) is 4.80 Å². The zero-order valence-electron chi connectivity index (χ0n) is 17.4. The molecular formula is C26H20N2O3S. The predicted octanol–water partition coefficient (Wildman–Crippen LogP) is 4.25. The molecule has 0 radical (unpaired) electrons. The standard InChI is InChI=1S/C26H20N2O3S/c1-26-16-21(20-12-5-6-13-22(20)31-26)28-24(29)23(32-25(28)27-26)15-17-8-7-11-19(14-17)30-18-9-3-2-4-10-18/h2-15,21H,16H2,1H3/b23-15-/t21-,26-/m1/s1. The summed E-state index contributed by atoms with van der Waals surface area (Å²) in [6.07, 6.45) is 2.55. The van der Waals surface area contributed by atoms with E-state index in [-0.39, 0.29) is 11.6 Å². The number of nitrogens with zero attached hydrogens (tertiary/aromatic N) is 2. The summed E-state index contributed by atoms with van der Waals surface area (Å²) < 4.78 is 14.6. The fourth-order valence-electron chi connectivity index (χ4n) is 4.38. The summed E-state index contributed by atoms with van der Waals surface area (Å²) in [6, 6.07) is 25.2. The molecule has 1 aromatic heterocycles. The first-order chi connectivity index (χ1) is 15.6. The Balaban J connectivity index is 1.44. The van der Waals surface area contributed by atoms with Gasteiger partial charge in [0.1, 0.15) is 17.2 Å². The molecule has 0 saturated heterocycles. The lowest BCUT2D eigenvalue weighted by Crippen LogP contribution is -2.49. The molecule has 0 saturated carbocycles. The van der Waals surface area contributed by atoms with Crippen LogP contribution >= 0.6 is 11.3 Å². The molecule has 0 aliphatic carbocycles. The van der Waals surface area contributed by atoms with Crippen LogP contribution < -0.4 is 24.4 Å². The molecule has 2 bridgehead atoms. The molecule has 0 amide bonds. The van der Waals surface area contributed by atoms with E-state index in [1.807, 2.05) is 96.4 Å². The van der Waals surface area contributed by atoms with Gasteiger partial charge in [0.25, 0.3) is 5.56 Å². The molecule has 0 N–H and O–H groups in total. The Morgan fingerprint density at radius 1 is 1.06 bits per heavy atom. The second kappa shape index (κ2) is 7.21. The lowest BCUT2D eigenvalue weighted by molar-refractivity contribution is 0.0410. The highest BCUT2D eigenvalue weighted by atomic mass is 32.1. The Bertz CT molecular complexity index is 1510. The van der Waals surface area contributed by atoms with E-state index in [1.54, 1.807) is 0 Å². The Morgan fingerprint density at radius 2 is 1.84 bits per heavy atom. The maximum absolute atomic E-state index is 13.4. The minimum absolute atomic E-state index is 0.0214. The van der Waals surface area contributed by atoms with Crippen molar-refractivity contribution in [1.29, 1.82) is 0 Å². The molecule has 32 heavy (non-hydrogen) atoms. The van der Waals surface area contributed by atoms with Crippen molar-refractivity contribution in [2.24, 2.45) is 4.99 Å². The second-order valence-electron chi connectivity index (χ2n) is 8.20. The third-order valence-corrected chi connectivity index (χ3v) is 6.78. The van der Waals surface area contributed by atoms with Crippen LogP contribution in [-0.2, 0) is 0 Å². The van der Waals surface area contributed by atoms with E-state index in [4.69, 9.17) is 14.5 Å². The minimum atomic E-state index is -0.656. The van der Waals surface area contributed by atoms with Gasteiger partial charge in [-0.3, -0.25) is 9.36 Å². The monoisotopic (exact) mass is 440 g/mol. The van der Waals surface area contributed by atoms with Crippen molar-refractivity contribution < 1.29 is 9.47 Å². The van der Waals surface area contributed by atoms with Crippen LogP contribution in [0.25, 0.3) is 6.08 Å². The van der Waals surface area contributed by atoms with Gasteiger partial charge < -0.3 is 9.47 Å². The molecule has 2 aliphatic rings. The first-order valence-corrected chi connectivity index (χ1v) is 11.3. The molecule has 3 aromatic carbocycles. The van der Waals surface area contributed by atoms with E-state index in [0.29, 0.717) is 15.8 Å². The third-order valence-electron chi connectivity index (χ3n) is 5.80. The topological polar surface area (TPSA) is 52.8 Å². The quantitative estimate of drug-likeness (QED) is 0.479. The lowest BCUT2D eigenvalue weighted by Gasteiger charge is -2.39. The number of hydrogen-bond donors (Lipinski definition) is 0. The zero-order chi connectivity index (χ0) is 21.7. The van der Waals surface area contributed by atoms with Crippen molar-refractivity contribution in [3.8, 4) is 17.2 Å². The highest BCUT2D eigenvalue weighted by Gasteiger charge is 2.42. The molecule has 0 spiro atoms. The van der Waals surface area contributed by atoms with E-state index >= 15 is 0 Å². The van der Waals surface area contributed by atoms with Crippen LogP contribution in [0, 0.1) is 0 Å². The maximum atomic E-state index is 13.4. The first kappa shape index (κ1) is 19.1. The maximum Gasteiger partial charge on any atom is 0.270 e. The molecule has 0 unspecified atom stereocenters. The molecule has 6 rings (SSSR count). The summed E-state index contributed by atoms with van der Waals surface area (Å²) in [7, 11) is 0. The second-order valence-corrected chi connectivity index (χ2v) is 9.21. The van der Waals surface area contributed by atoms with Crippen LogP contribution in [0.4, 0.5) is 0 Å². The molecule has 5 nitrogen and oxygen atoms in total. The van der Waals surface area contributed by atoms with Gasteiger partial charge in [-0.2, -0.15) is 0 Å². The molecule has 158 valence electrons. The Labute approximate surface area is 188 Å². The summed E-state index contributed by atoms with van der Waals surface area (Å²) >= 11 is 1.40. The average molecular weight is 441 g/mol. The fourth-order valence-corrected chi connectivity index (χ4v) is 5.51. The van der Waals surface area contributed by atoms with E-state index < -0.39 is 5.72 Å². The van der Waals surface area contributed by atoms with Gasteiger partial charge in [-0.15, -0.1) is 0 Å². The summed E-state index contributed by atoms with van der Waals surface area (Å²) in [4.78, 5) is 18.9. The van der Waals surface area contributed by atoms with Gasteiger partial charge in [0, 0.05) is 12.0 Å². The average Bonchev–Trinajstić information content (AvgIpc) is 3.08. The number of aromatic nitrogens is 1. The Morgan fingerprint density at radius 3 is 2.72 bits per heavy atom. The number of benzene rings is 3. The zero-order valence-corrected chi connectivity index (χ0v) is 18.2. The van der Waals surface area contributed by atoms with Gasteiger partial charge >= 0.3 is 0 Å². The van der Waals surface area contributed by atoms with Gasteiger partial charge in [-0.1, -0.05) is 59.9 Å². The normalized spacial score (nSPS) is 21.2. The molecule has 4 aromatic rings. The summed E-state index contributed by atoms with van der Waals surface area (Å²) in [6.45, 7) is 1.98. The first-order valence-electron chi connectivity index (χ1n) is 10.5. The van der Waals surface area contributed by atoms with E-state index in [2.05, 4.69) is 0 Å². The SMILES string of the molecule is C[C@]12C[C@H](c3ccccc3O1)n1c(s/c(=C\c3cccc(Oc4ccccc4)c3)c1=O)=N2. The van der Waals surface area contributed by atoms with Crippen LogP contribution in [0.15, 0.2) is 88.6 Å². The number of fused-ring (bicyclic) bond motifs is 6. The van der Waals surface area contributed by atoms with Crippen LogP contribution in [0.1, 0.15) is 30.5 Å². The molecule has 2 atom stereocenters. The predicted molar refractivity (Wildman–Crippen MR) is 124 cm³/mol. The number of para-hydroxylation sites is 2. The molecule has 0 fully saturated rings. The van der Waals surface area contributed by atoms with Gasteiger partial charge in [0.2, 0.25) is 5.72 Å². The smallest absolute Gasteiger partial charge is 0.270 e. The van der Waals surface area contributed by atoms with Crippen LogP contribution in [0.2, 0.25) is 0 Å². The van der Waals surface area contributed by atoms with Crippen molar-refractivity contribution in [3.05, 3.63) is 110 Å². The fraction of sp³-hybridized carbons (Fsp3) is 0.154. The van der Waals surface area contributed by atoms with Crippen LogP contribution in [-0.4, -0.2) is 10.3 Å². The van der Waals surface area contributed by atoms with Crippen molar-refractivity contribution in [1.82, 2.24) is 4.57 Å². The number of hydrogen-bond acceptors (Lipinski definition) is 5. The summed E-state index contributed by atoms with van der Waals surface area (Å²) in [5, 5.41) is 0. The minimum Gasteiger partial charge on any atom is -0.466 e. The number of rotatable bonds is 3. The van der Waals surface area contributed by atoms with Crippen molar-refractivity contribution in [2.75, 3.05) is 0 Å². The Kier molecular flexibility index (Phi) is 4.30. The third kappa shape index (κ3) is 3.24. The lowest BCUT2D eigenvalue weighted by atomic mass is 9.93. The van der Waals surface area contributed by atoms with Gasteiger partial charge in [0.05, 0.1) is 10.6 Å². The van der Waals surface area contributed by atoms with E-state index in [1.165, 1.54) is 11.3 Å². The van der Waals surface area contributed by atoms with Crippen LogP contribution in [0.3, 0.4) is 0 Å². The van der Waals surface area contributed by atoms with Crippen molar-refractivity contribution in [2.45, 2.75) is 25.1 Å². The van der Waals surface area contributed by atoms with Crippen molar-refractivity contribution in [3.63, 3.8) is 0 Å². The van der Waals surface area contributed by atoms with E-state index in [0.717, 1.165) is 28.4 Å². The Hall–Kier alpha value is -3.64. The molecule has 3 heterocycles. The van der Waals surface area contributed by atoms with Crippen LogP contribution in [0.5, 0.6) is 17.2 Å². The highest BCUT2D eigenvalue weighted by molar-refractivity contribution is 7.07. The molecule has 2 aliphatic heterocycles. The van der Waals surface area contributed by atoms with Crippen molar-refractivity contribution >= 4 is 17.4 Å². The molecule has 6 heteroatoms. The number of ether oxygens (including phenoxy) is 2. The van der Waals surface area contributed by atoms with Gasteiger partial charge in [-0.25, -0.2) is 4.99 Å². The van der Waals surface area contributed by atoms with E-state index in [9.17, 15) is 4.79 Å². The number of thiazole rings is 1. The molecular weight excluding hydrogens is 420 g/mol. The highest BCUT2D eigenvalue weighted by Crippen LogP contribution is 2.42. The summed E-state index contributed by atoms with van der Waals surface area (Å²) in [5.41, 5.74) is 1.26.